The first-order valence-electron chi connectivity index (χ1n) is 8.76. The van der Waals surface area contributed by atoms with Crippen LogP contribution in [0.5, 0.6) is 0 Å². The summed E-state index contributed by atoms with van der Waals surface area (Å²) in [6.07, 6.45) is 1.06. The van der Waals surface area contributed by atoms with Crippen molar-refractivity contribution in [2.45, 2.75) is 20.3 Å². The number of hydrogen-bond acceptors (Lipinski definition) is 4. The van der Waals surface area contributed by atoms with E-state index >= 15 is 0 Å². The molecule has 24 heavy (non-hydrogen) atoms. The number of amides is 2. The summed E-state index contributed by atoms with van der Waals surface area (Å²) in [6, 6.07) is 7.17. The number of nitrogens with one attached hydrogen (secondary N) is 2. The number of rotatable bonds is 6. The van der Waals surface area contributed by atoms with Crippen LogP contribution < -0.4 is 10.6 Å². The zero-order valence-corrected chi connectivity index (χ0v) is 14.7. The van der Waals surface area contributed by atoms with Crippen LogP contribution in [0.3, 0.4) is 0 Å². The maximum atomic E-state index is 12.4. The topological polar surface area (TPSA) is 64.7 Å². The Labute approximate surface area is 144 Å². The van der Waals surface area contributed by atoms with Crippen LogP contribution in [0.4, 0.5) is 5.69 Å². The van der Waals surface area contributed by atoms with Gasteiger partial charge < -0.3 is 15.5 Å². The van der Waals surface area contributed by atoms with Gasteiger partial charge in [-0.2, -0.15) is 0 Å². The van der Waals surface area contributed by atoms with Gasteiger partial charge in [0.2, 0.25) is 5.91 Å². The Morgan fingerprint density at radius 2 is 2.00 bits per heavy atom. The van der Waals surface area contributed by atoms with Crippen LogP contribution in [0.1, 0.15) is 30.6 Å². The van der Waals surface area contributed by atoms with Crippen molar-refractivity contribution in [3.05, 3.63) is 29.8 Å². The summed E-state index contributed by atoms with van der Waals surface area (Å²) in [5, 5.41) is 6.23. The van der Waals surface area contributed by atoms with Crippen LogP contribution >= 0.6 is 0 Å². The lowest BCUT2D eigenvalue weighted by Gasteiger charge is -2.20. The smallest absolute Gasteiger partial charge is 0.253 e. The molecule has 1 heterocycles. The third-order valence-corrected chi connectivity index (χ3v) is 4.24. The van der Waals surface area contributed by atoms with Gasteiger partial charge in [0.05, 0.1) is 6.54 Å². The minimum absolute atomic E-state index is 0.00492. The van der Waals surface area contributed by atoms with Crippen molar-refractivity contribution in [1.82, 2.24) is 15.1 Å². The van der Waals surface area contributed by atoms with Gasteiger partial charge in [0.1, 0.15) is 0 Å². The van der Waals surface area contributed by atoms with Crippen LogP contribution in [0.25, 0.3) is 0 Å². The van der Waals surface area contributed by atoms with Gasteiger partial charge in [-0.25, -0.2) is 0 Å². The first-order chi connectivity index (χ1) is 11.6. The molecule has 0 aromatic heterocycles. The van der Waals surface area contributed by atoms with E-state index in [-0.39, 0.29) is 11.8 Å². The number of anilines is 1. The maximum absolute atomic E-state index is 12.4. The van der Waals surface area contributed by atoms with Crippen molar-refractivity contribution in [3.8, 4) is 0 Å². The van der Waals surface area contributed by atoms with E-state index in [9.17, 15) is 9.59 Å². The number of nitrogens with zero attached hydrogens (tertiary/aromatic N) is 2. The highest BCUT2D eigenvalue weighted by Gasteiger charge is 2.15. The predicted molar refractivity (Wildman–Crippen MR) is 96.2 cm³/mol. The van der Waals surface area contributed by atoms with Crippen LogP contribution in [0.2, 0.25) is 0 Å². The largest absolute Gasteiger partial charge is 0.339 e. The fourth-order valence-corrected chi connectivity index (χ4v) is 2.89. The van der Waals surface area contributed by atoms with Crippen molar-refractivity contribution in [3.63, 3.8) is 0 Å². The highest BCUT2D eigenvalue weighted by Crippen LogP contribution is 2.13. The maximum Gasteiger partial charge on any atom is 0.253 e. The summed E-state index contributed by atoms with van der Waals surface area (Å²) < 4.78 is 0. The lowest BCUT2D eigenvalue weighted by Crippen LogP contribution is -2.35. The molecule has 1 aromatic rings. The van der Waals surface area contributed by atoms with Crippen molar-refractivity contribution >= 4 is 17.5 Å². The van der Waals surface area contributed by atoms with Crippen LogP contribution in [-0.2, 0) is 4.79 Å². The molecule has 1 aromatic carbocycles. The second-order valence-electron chi connectivity index (χ2n) is 5.99. The summed E-state index contributed by atoms with van der Waals surface area (Å²) >= 11 is 0. The molecule has 6 heteroatoms. The zero-order valence-electron chi connectivity index (χ0n) is 14.7. The average molecular weight is 332 g/mol. The Hall–Kier alpha value is -1.92. The van der Waals surface area contributed by atoms with E-state index in [2.05, 4.69) is 15.5 Å². The van der Waals surface area contributed by atoms with E-state index in [1.165, 1.54) is 0 Å². The predicted octanol–water partition coefficient (Wildman–Crippen LogP) is 1.40. The highest BCUT2D eigenvalue weighted by atomic mass is 16.2. The van der Waals surface area contributed by atoms with E-state index < -0.39 is 0 Å². The second kappa shape index (κ2) is 9.39. The van der Waals surface area contributed by atoms with E-state index in [1.54, 1.807) is 17.0 Å². The molecule has 0 saturated carbocycles. The average Bonchev–Trinajstić information content (AvgIpc) is 2.84. The monoisotopic (exact) mass is 332 g/mol. The molecule has 1 aliphatic rings. The normalized spacial score (nSPS) is 15.6. The molecule has 1 saturated heterocycles. The SMILES string of the molecule is CCN(CC)C(=O)c1cccc(NC(=O)CN2CCCNCC2)c1. The van der Waals surface area contributed by atoms with Crippen molar-refractivity contribution in [1.29, 1.82) is 0 Å². The second-order valence-corrected chi connectivity index (χ2v) is 5.99. The molecule has 2 rings (SSSR count). The highest BCUT2D eigenvalue weighted by molar-refractivity contribution is 5.97. The van der Waals surface area contributed by atoms with Gasteiger partial charge in [-0.3, -0.25) is 14.5 Å². The quantitative estimate of drug-likeness (QED) is 0.827. The molecule has 6 nitrogen and oxygen atoms in total. The summed E-state index contributed by atoms with van der Waals surface area (Å²) in [5.74, 6) is -0.0426. The fraction of sp³-hybridized carbons (Fsp3) is 0.556. The summed E-state index contributed by atoms with van der Waals surface area (Å²) in [4.78, 5) is 28.6. The van der Waals surface area contributed by atoms with E-state index in [0.717, 1.165) is 32.6 Å². The minimum atomic E-state index is -0.0376. The van der Waals surface area contributed by atoms with Gasteiger partial charge in [0.25, 0.3) is 5.91 Å². The summed E-state index contributed by atoms with van der Waals surface area (Å²) in [5.41, 5.74) is 1.28. The third kappa shape index (κ3) is 5.32. The molecular formula is C18H28N4O2. The van der Waals surface area contributed by atoms with Crippen LogP contribution in [0, 0.1) is 0 Å². The van der Waals surface area contributed by atoms with Gasteiger partial charge in [-0.1, -0.05) is 6.07 Å². The number of carbonyl (C=O) groups is 2. The molecular weight excluding hydrogens is 304 g/mol. The molecule has 2 N–H and O–H groups in total. The van der Waals surface area contributed by atoms with Crippen molar-refractivity contribution in [2.75, 3.05) is 51.1 Å². The lowest BCUT2D eigenvalue weighted by molar-refractivity contribution is -0.117. The zero-order chi connectivity index (χ0) is 17.4. The van der Waals surface area contributed by atoms with Gasteiger partial charge in [0, 0.05) is 37.4 Å². The fourth-order valence-electron chi connectivity index (χ4n) is 2.89. The number of carbonyl (C=O) groups excluding carboxylic acids is 2. The van der Waals surface area contributed by atoms with Crippen LogP contribution in [0.15, 0.2) is 24.3 Å². The Balaban J connectivity index is 1.95. The minimum Gasteiger partial charge on any atom is -0.339 e. The Morgan fingerprint density at radius 3 is 2.75 bits per heavy atom. The summed E-state index contributed by atoms with van der Waals surface area (Å²) in [7, 11) is 0. The Kier molecular flexibility index (Phi) is 7.21. The molecule has 0 aliphatic carbocycles. The van der Waals surface area contributed by atoms with E-state index in [0.29, 0.717) is 30.9 Å². The molecule has 2 amide bonds. The molecule has 0 atom stereocenters. The summed E-state index contributed by atoms with van der Waals surface area (Å²) in [6.45, 7) is 9.40. The molecule has 0 unspecified atom stereocenters. The molecule has 132 valence electrons. The number of benzene rings is 1. The molecule has 0 spiro atoms. The number of hydrogen-bond donors (Lipinski definition) is 2. The standard InChI is InChI=1S/C18H28N4O2/c1-3-22(4-2)18(24)15-7-5-8-16(13-15)20-17(23)14-21-11-6-9-19-10-12-21/h5,7-8,13,19H,3-4,6,9-12,14H2,1-2H3,(H,20,23). The molecule has 1 aliphatic heterocycles. The van der Waals surface area contributed by atoms with E-state index in [4.69, 9.17) is 0 Å². The van der Waals surface area contributed by atoms with Crippen molar-refractivity contribution in [2.24, 2.45) is 0 Å². The Morgan fingerprint density at radius 1 is 1.21 bits per heavy atom. The van der Waals surface area contributed by atoms with Crippen molar-refractivity contribution < 1.29 is 9.59 Å². The first-order valence-corrected chi connectivity index (χ1v) is 8.76. The first kappa shape index (κ1) is 18.4. The lowest BCUT2D eigenvalue weighted by atomic mass is 10.1. The third-order valence-electron chi connectivity index (χ3n) is 4.24. The van der Waals surface area contributed by atoms with Gasteiger partial charge in [0.15, 0.2) is 0 Å². The van der Waals surface area contributed by atoms with E-state index in [1.807, 2.05) is 26.0 Å². The van der Waals surface area contributed by atoms with Gasteiger partial charge in [-0.05, 0) is 51.6 Å². The molecule has 0 radical (unpaired) electrons. The Bertz CT molecular complexity index is 550. The molecule has 1 fully saturated rings. The van der Waals surface area contributed by atoms with Gasteiger partial charge in [-0.15, -0.1) is 0 Å². The molecule has 0 bridgehead atoms. The van der Waals surface area contributed by atoms with Crippen LogP contribution in [-0.4, -0.2) is 67.4 Å². The van der Waals surface area contributed by atoms with Gasteiger partial charge >= 0.3 is 0 Å².